The van der Waals surface area contributed by atoms with Crippen LogP contribution in [0.3, 0.4) is 0 Å². The van der Waals surface area contributed by atoms with E-state index in [-0.39, 0.29) is 5.63 Å². The van der Waals surface area contributed by atoms with E-state index in [1.165, 1.54) is 16.8 Å². The number of hydrogen-bond acceptors (Lipinski definition) is 4. The minimum atomic E-state index is -0.289. The van der Waals surface area contributed by atoms with E-state index in [1.807, 2.05) is 6.92 Å². The number of para-hydroxylation sites is 1. The molecule has 2 heterocycles. The third-order valence-corrected chi connectivity index (χ3v) is 5.83. The molecule has 0 amide bonds. The van der Waals surface area contributed by atoms with Crippen LogP contribution < -0.4 is 15.3 Å². The molecule has 0 bridgehead atoms. The number of aryl methyl sites for hydroxylation is 3. The van der Waals surface area contributed by atoms with Crippen LogP contribution in [0.2, 0.25) is 0 Å². The summed E-state index contributed by atoms with van der Waals surface area (Å²) in [7, 11) is 0. The predicted molar refractivity (Wildman–Crippen MR) is 118 cm³/mol. The minimum Gasteiger partial charge on any atom is -0.472 e. The van der Waals surface area contributed by atoms with E-state index in [0.717, 1.165) is 47.2 Å². The van der Waals surface area contributed by atoms with E-state index < -0.39 is 0 Å². The van der Waals surface area contributed by atoms with E-state index in [4.69, 9.17) is 9.15 Å². The van der Waals surface area contributed by atoms with Gasteiger partial charge in [0.1, 0.15) is 11.3 Å². The molecule has 0 spiro atoms. The van der Waals surface area contributed by atoms with Crippen molar-refractivity contribution in [2.24, 2.45) is 0 Å². The minimum absolute atomic E-state index is 0.289. The van der Waals surface area contributed by atoms with Crippen molar-refractivity contribution in [3.8, 4) is 5.75 Å². The van der Waals surface area contributed by atoms with Crippen molar-refractivity contribution < 1.29 is 9.15 Å². The second-order valence-corrected chi connectivity index (χ2v) is 8.35. The van der Waals surface area contributed by atoms with Gasteiger partial charge in [0.05, 0.1) is 0 Å². The lowest BCUT2D eigenvalue weighted by atomic mass is 9.95. The first-order chi connectivity index (χ1) is 13.9. The largest absolute Gasteiger partial charge is 0.472 e. The lowest BCUT2D eigenvalue weighted by molar-refractivity contribution is 0.286. The molecule has 4 rings (SSSR count). The average molecular weight is 392 g/mol. The fourth-order valence-corrected chi connectivity index (χ4v) is 4.48. The summed E-state index contributed by atoms with van der Waals surface area (Å²) in [5.41, 5.74) is 7.35. The van der Waals surface area contributed by atoms with Crippen molar-refractivity contribution in [2.75, 3.05) is 11.6 Å². The molecule has 3 aromatic rings. The van der Waals surface area contributed by atoms with Gasteiger partial charge in [0.15, 0.2) is 6.73 Å². The molecule has 4 nitrogen and oxygen atoms in total. The fourth-order valence-electron chi connectivity index (χ4n) is 4.48. The second kappa shape index (κ2) is 7.58. The van der Waals surface area contributed by atoms with Crippen LogP contribution in [0.4, 0.5) is 5.69 Å². The third-order valence-electron chi connectivity index (χ3n) is 5.83. The summed E-state index contributed by atoms with van der Waals surface area (Å²) in [5.74, 6) is 1.29. The molecule has 2 aromatic carbocycles. The van der Waals surface area contributed by atoms with Gasteiger partial charge in [-0.2, -0.15) is 0 Å². The lowest BCUT2D eigenvalue weighted by Gasteiger charge is -2.35. The highest BCUT2D eigenvalue weighted by molar-refractivity contribution is 5.86. The van der Waals surface area contributed by atoms with Crippen molar-refractivity contribution in [3.05, 3.63) is 68.6 Å². The molecule has 0 saturated heterocycles. The number of anilines is 1. The van der Waals surface area contributed by atoms with E-state index in [0.29, 0.717) is 18.2 Å². The van der Waals surface area contributed by atoms with Gasteiger partial charge in [-0.25, -0.2) is 4.79 Å². The van der Waals surface area contributed by atoms with Gasteiger partial charge in [-0.15, -0.1) is 0 Å². The van der Waals surface area contributed by atoms with Crippen LogP contribution in [0.1, 0.15) is 60.9 Å². The van der Waals surface area contributed by atoms with Crippen LogP contribution in [-0.4, -0.2) is 6.73 Å². The monoisotopic (exact) mass is 391 g/mol. The van der Waals surface area contributed by atoms with Gasteiger partial charge in [0.2, 0.25) is 0 Å². The Kier molecular flexibility index (Phi) is 5.12. The molecule has 0 radical (unpaired) electrons. The summed E-state index contributed by atoms with van der Waals surface area (Å²) in [5, 5.41) is 1.03. The van der Waals surface area contributed by atoms with Gasteiger partial charge < -0.3 is 14.1 Å². The number of nitrogens with zero attached hydrogens (tertiary/aromatic N) is 1. The lowest BCUT2D eigenvalue weighted by Crippen LogP contribution is -2.33. The number of fused-ring (bicyclic) bond motifs is 2. The predicted octanol–water partition coefficient (Wildman–Crippen LogP) is 5.84. The molecule has 152 valence electrons. The van der Waals surface area contributed by atoms with E-state index in [2.05, 4.69) is 56.9 Å². The highest BCUT2D eigenvalue weighted by Crippen LogP contribution is 2.39. The fraction of sp³-hybridized carbons (Fsp3) is 0.400. The average Bonchev–Trinajstić information content (AvgIpc) is 2.68. The molecule has 4 heteroatoms. The Labute approximate surface area is 172 Å². The summed E-state index contributed by atoms with van der Waals surface area (Å²) in [6, 6.07) is 10.3. The highest BCUT2D eigenvalue weighted by atomic mass is 16.5. The molecule has 0 N–H and O–H groups in total. The maximum absolute atomic E-state index is 12.1. The van der Waals surface area contributed by atoms with Crippen molar-refractivity contribution >= 4 is 16.7 Å². The molecule has 29 heavy (non-hydrogen) atoms. The first kappa shape index (κ1) is 19.6. The number of ether oxygens (including phenoxy) is 1. The zero-order valence-electron chi connectivity index (χ0n) is 18.0. The molecule has 1 aliphatic heterocycles. The van der Waals surface area contributed by atoms with Crippen LogP contribution in [-0.2, 0) is 13.0 Å². The first-order valence-corrected chi connectivity index (χ1v) is 10.5. The summed E-state index contributed by atoms with van der Waals surface area (Å²) < 4.78 is 11.8. The Balaban J connectivity index is 1.84. The highest BCUT2D eigenvalue weighted by Gasteiger charge is 2.25. The molecule has 0 fully saturated rings. The quantitative estimate of drug-likeness (QED) is 0.524. The molecular weight excluding hydrogens is 362 g/mol. The van der Waals surface area contributed by atoms with Crippen molar-refractivity contribution in [2.45, 2.75) is 59.9 Å². The molecule has 0 saturated carbocycles. The number of rotatable bonds is 4. The maximum Gasteiger partial charge on any atom is 0.336 e. The Morgan fingerprint density at radius 1 is 1.17 bits per heavy atom. The Morgan fingerprint density at radius 2 is 1.97 bits per heavy atom. The van der Waals surface area contributed by atoms with Crippen LogP contribution in [0, 0.1) is 13.8 Å². The molecule has 0 atom stereocenters. The van der Waals surface area contributed by atoms with Crippen molar-refractivity contribution in [3.63, 3.8) is 0 Å². The Bertz CT molecular complexity index is 1130. The Morgan fingerprint density at radius 3 is 2.69 bits per heavy atom. The number of benzene rings is 2. The first-order valence-electron chi connectivity index (χ1n) is 10.5. The van der Waals surface area contributed by atoms with E-state index >= 15 is 0 Å². The molecular formula is C25H29NO3. The summed E-state index contributed by atoms with van der Waals surface area (Å²) in [6.45, 7) is 12.0. The van der Waals surface area contributed by atoms with Crippen molar-refractivity contribution in [1.82, 2.24) is 0 Å². The van der Waals surface area contributed by atoms with Crippen LogP contribution in [0.15, 0.2) is 39.5 Å². The number of hydrogen-bond donors (Lipinski definition) is 0. The van der Waals surface area contributed by atoms with Gasteiger partial charge in [0, 0.05) is 34.8 Å². The van der Waals surface area contributed by atoms with E-state index in [9.17, 15) is 4.79 Å². The molecule has 0 aliphatic carbocycles. The smallest absolute Gasteiger partial charge is 0.336 e. The molecule has 1 aliphatic rings. The van der Waals surface area contributed by atoms with Gasteiger partial charge in [-0.3, -0.25) is 0 Å². The third kappa shape index (κ3) is 3.41. The van der Waals surface area contributed by atoms with Gasteiger partial charge >= 0.3 is 5.63 Å². The van der Waals surface area contributed by atoms with Gasteiger partial charge in [-0.05, 0) is 48.9 Å². The van der Waals surface area contributed by atoms with Crippen LogP contribution >= 0.6 is 0 Å². The summed E-state index contributed by atoms with van der Waals surface area (Å²) in [4.78, 5) is 14.4. The normalized spacial score (nSPS) is 13.7. The zero-order valence-corrected chi connectivity index (χ0v) is 18.0. The summed E-state index contributed by atoms with van der Waals surface area (Å²) in [6.07, 6.45) is 1.85. The van der Waals surface area contributed by atoms with Crippen LogP contribution in [0.25, 0.3) is 11.0 Å². The molecule has 0 unspecified atom stereocenters. The zero-order chi connectivity index (χ0) is 20.7. The van der Waals surface area contributed by atoms with Crippen molar-refractivity contribution in [1.29, 1.82) is 0 Å². The maximum atomic E-state index is 12.1. The standard InChI is InChI=1S/C25H29NO3/c1-6-8-18-12-22(27)29-25-17(5)24-19(11-21(18)25)13-26(14-28-24)23-16(4)9-7-10-20(23)15(2)3/h7,9-12,15H,6,8,13-14H2,1-5H3. The Hall–Kier alpha value is -2.75. The SMILES string of the molecule is CCCc1cc(=O)oc2c(C)c3c(cc12)CN(c1c(C)cccc1C(C)C)CO3. The van der Waals surface area contributed by atoms with Gasteiger partial charge in [0.25, 0.3) is 0 Å². The van der Waals surface area contributed by atoms with Crippen LogP contribution in [0.5, 0.6) is 5.75 Å². The second-order valence-electron chi connectivity index (χ2n) is 8.35. The topological polar surface area (TPSA) is 42.7 Å². The summed E-state index contributed by atoms with van der Waals surface area (Å²) >= 11 is 0. The molecule has 1 aromatic heterocycles. The van der Waals surface area contributed by atoms with E-state index in [1.54, 1.807) is 6.07 Å². The van der Waals surface area contributed by atoms with Gasteiger partial charge in [-0.1, -0.05) is 45.4 Å².